The second-order valence-electron chi connectivity index (χ2n) is 21.1. The van der Waals surface area contributed by atoms with Crippen molar-refractivity contribution in [2.75, 3.05) is 88.3 Å². The number of phenols is 1. The molecule has 0 aromatic heterocycles. The fourth-order valence-electron chi connectivity index (χ4n) is 11.8. The smallest absolute Gasteiger partial charge is 0.269 e. The SMILES string of the molecule is C=CC(=O)N1CC(CN2C(=O)C(CN3CCCC3)Oc3cc(-c4cc(C)cc5ccccc45)c(Cl)cc32)C1.C=CC(=O)N1CC(CN2C(=O)C(CN3CCCC3)Oc3cc(-c4cc(O)cc5ccccc45)c(Cl)cc32)C1. The number of phenolic OH excluding ortho intramolecular Hbond substituents is 1. The molecule has 15 heteroatoms. The van der Waals surface area contributed by atoms with Crippen LogP contribution < -0.4 is 19.3 Å². The van der Waals surface area contributed by atoms with Crippen LogP contribution in [0.1, 0.15) is 31.2 Å². The van der Waals surface area contributed by atoms with Crippen molar-refractivity contribution in [3.05, 3.63) is 138 Å². The molecule has 6 heterocycles. The van der Waals surface area contributed by atoms with Crippen molar-refractivity contribution in [3.8, 4) is 39.5 Å². The van der Waals surface area contributed by atoms with Gasteiger partial charge in [-0.1, -0.05) is 97.0 Å². The van der Waals surface area contributed by atoms with Gasteiger partial charge in [0.05, 0.1) is 21.4 Å². The van der Waals surface area contributed by atoms with Gasteiger partial charge in [0.25, 0.3) is 11.8 Å². The summed E-state index contributed by atoms with van der Waals surface area (Å²) in [4.78, 5) is 63.0. The fourth-order valence-corrected chi connectivity index (χ4v) is 12.3. The van der Waals surface area contributed by atoms with E-state index in [2.05, 4.69) is 54.1 Å². The van der Waals surface area contributed by atoms with Gasteiger partial charge in [0.1, 0.15) is 17.2 Å². The summed E-state index contributed by atoms with van der Waals surface area (Å²) in [6.45, 7) is 17.6. The second kappa shape index (κ2) is 21.6. The maximum atomic E-state index is 13.7. The Morgan fingerprint density at radius 3 is 1.45 bits per heavy atom. The quantitative estimate of drug-likeness (QED) is 0.119. The molecule has 2 unspecified atom stereocenters. The van der Waals surface area contributed by atoms with Crippen LogP contribution in [0.4, 0.5) is 11.4 Å². The summed E-state index contributed by atoms with van der Waals surface area (Å²) < 4.78 is 12.8. The van der Waals surface area contributed by atoms with Crippen molar-refractivity contribution in [2.45, 2.75) is 44.8 Å². The van der Waals surface area contributed by atoms with Gasteiger partial charge in [-0.25, -0.2) is 0 Å². The molecule has 2 atom stereocenters. The number of hydrogen-bond donors (Lipinski definition) is 1. The number of halogens is 2. The van der Waals surface area contributed by atoms with Crippen LogP contribution in [0.3, 0.4) is 0 Å². The lowest BCUT2D eigenvalue weighted by Gasteiger charge is -2.43. The minimum Gasteiger partial charge on any atom is -0.508 e. The zero-order valence-corrected chi connectivity index (χ0v) is 44.3. The normalized spacial score (nSPS) is 19.8. The lowest BCUT2D eigenvalue weighted by molar-refractivity contribution is -0.133. The van der Waals surface area contributed by atoms with Crippen molar-refractivity contribution in [1.82, 2.24) is 19.6 Å². The van der Waals surface area contributed by atoms with E-state index in [1.54, 1.807) is 32.9 Å². The molecule has 6 aromatic carbocycles. The van der Waals surface area contributed by atoms with Crippen LogP contribution in [0.15, 0.2) is 122 Å². The first kappa shape index (κ1) is 51.2. The fraction of sp³-hybridized carbons (Fsp3) is 0.344. The first-order valence-electron chi connectivity index (χ1n) is 26.4. The van der Waals surface area contributed by atoms with Gasteiger partial charge in [-0.2, -0.15) is 0 Å². The molecular formula is C61H62Cl2N6O7. The average molecular weight is 1060 g/mol. The Kier molecular flexibility index (Phi) is 14.6. The lowest BCUT2D eigenvalue weighted by atomic mass is 9.94. The molecule has 4 saturated heterocycles. The number of benzene rings is 6. The summed E-state index contributed by atoms with van der Waals surface area (Å²) >= 11 is 13.8. The number of hydrogen-bond acceptors (Lipinski definition) is 9. The van der Waals surface area contributed by atoms with Gasteiger partial charge in [-0.3, -0.25) is 29.0 Å². The van der Waals surface area contributed by atoms with E-state index in [0.717, 1.165) is 101 Å². The molecule has 1 N–H and O–H groups in total. The van der Waals surface area contributed by atoms with Gasteiger partial charge in [0, 0.05) is 75.3 Å². The van der Waals surface area contributed by atoms with E-state index in [9.17, 15) is 24.3 Å². The zero-order valence-electron chi connectivity index (χ0n) is 42.8. The number of aromatic hydroxyl groups is 1. The van der Waals surface area contributed by atoms with E-state index in [-0.39, 0.29) is 41.2 Å². The third-order valence-electron chi connectivity index (χ3n) is 15.7. The molecule has 0 radical (unpaired) electrons. The number of amides is 4. The molecule has 0 saturated carbocycles. The minimum absolute atomic E-state index is 0.0391. The molecule has 6 aliphatic rings. The number of aryl methyl sites for hydroxylation is 1. The highest BCUT2D eigenvalue weighted by atomic mass is 35.5. The summed E-state index contributed by atoms with van der Waals surface area (Å²) in [5, 5.41) is 15.6. The van der Waals surface area contributed by atoms with Gasteiger partial charge < -0.3 is 34.2 Å². The van der Waals surface area contributed by atoms with E-state index >= 15 is 0 Å². The molecule has 13 nitrogen and oxygen atoms in total. The Morgan fingerprint density at radius 2 is 1.00 bits per heavy atom. The maximum absolute atomic E-state index is 13.7. The summed E-state index contributed by atoms with van der Waals surface area (Å²) in [5.74, 6) is 1.51. The van der Waals surface area contributed by atoms with Gasteiger partial charge in [0.15, 0.2) is 12.2 Å². The van der Waals surface area contributed by atoms with Gasteiger partial charge in [-0.15, -0.1) is 0 Å². The highest BCUT2D eigenvalue weighted by Gasteiger charge is 2.42. The van der Waals surface area contributed by atoms with Gasteiger partial charge >= 0.3 is 0 Å². The maximum Gasteiger partial charge on any atom is 0.269 e. The third-order valence-corrected chi connectivity index (χ3v) is 16.4. The highest BCUT2D eigenvalue weighted by molar-refractivity contribution is 6.35. The highest BCUT2D eigenvalue weighted by Crippen LogP contribution is 2.47. The lowest BCUT2D eigenvalue weighted by Crippen LogP contribution is -2.57. The molecular weight excluding hydrogens is 1000 g/mol. The summed E-state index contributed by atoms with van der Waals surface area (Å²) in [7, 11) is 0. The number of rotatable bonds is 12. The van der Waals surface area contributed by atoms with Crippen LogP contribution in [-0.4, -0.2) is 139 Å². The predicted molar refractivity (Wildman–Crippen MR) is 301 cm³/mol. The molecule has 6 aliphatic heterocycles. The molecule has 76 heavy (non-hydrogen) atoms. The molecule has 0 bridgehead atoms. The topological polar surface area (TPSA) is 126 Å². The molecule has 4 amide bonds. The molecule has 0 aliphatic carbocycles. The summed E-state index contributed by atoms with van der Waals surface area (Å²) in [6, 6.07) is 31.5. The van der Waals surface area contributed by atoms with Crippen molar-refractivity contribution in [2.24, 2.45) is 11.8 Å². The van der Waals surface area contributed by atoms with Crippen LogP contribution >= 0.6 is 23.2 Å². The number of anilines is 2. The standard InChI is InChI=1S/C31H32ClN3O3.C30H30ClN3O4/c1-3-30(36)34-16-21(17-34)18-35-27-15-26(32)25(24-13-20(2)12-22-8-4-5-9-23(22)24)14-28(27)38-29(31(35)37)19-33-10-6-7-11-33;1-2-29(36)33-15-19(16-33)17-34-26-14-25(31)24(23-12-21(35)11-20-7-3-4-8-22(20)23)13-27(26)38-28(30(34)37)18-32-9-5-6-10-32/h3-5,8-9,12-15,21,29H,1,6-7,10-11,16-19H2,2H3;2-4,7-8,11-14,19,28,35H,1,5-6,9-10,15-18H2. The van der Waals surface area contributed by atoms with Crippen molar-refractivity contribution in [1.29, 1.82) is 0 Å². The Hall–Kier alpha value is -6.90. The molecule has 6 aromatic rings. The number of carbonyl (C=O) groups is 4. The molecule has 4 fully saturated rings. The monoisotopic (exact) mass is 1060 g/mol. The number of nitrogens with zero attached hydrogens (tertiary/aromatic N) is 6. The largest absolute Gasteiger partial charge is 0.508 e. The van der Waals surface area contributed by atoms with E-state index < -0.39 is 12.2 Å². The zero-order chi connectivity index (χ0) is 52.8. The summed E-state index contributed by atoms with van der Waals surface area (Å²) in [6.07, 6.45) is 6.02. The predicted octanol–water partition coefficient (Wildman–Crippen LogP) is 10.0. The Morgan fingerprint density at radius 1 is 0.579 bits per heavy atom. The van der Waals surface area contributed by atoms with E-state index in [1.165, 1.54) is 12.2 Å². The van der Waals surface area contributed by atoms with Crippen LogP contribution in [0.2, 0.25) is 10.0 Å². The Bertz CT molecular complexity index is 3070. The van der Waals surface area contributed by atoms with Crippen molar-refractivity contribution < 1.29 is 33.8 Å². The van der Waals surface area contributed by atoms with Gasteiger partial charge in [-0.05, 0) is 146 Å². The first-order chi connectivity index (χ1) is 36.8. The Labute approximate surface area is 453 Å². The molecule has 12 rings (SSSR count). The summed E-state index contributed by atoms with van der Waals surface area (Å²) in [5.41, 5.74) is 5.97. The number of fused-ring (bicyclic) bond motifs is 4. The molecule has 392 valence electrons. The first-order valence-corrected chi connectivity index (χ1v) is 27.2. The Balaban J connectivity index is 0.000000162. The molecule has 0 spiro atoms. The van der Waals surface area contributed by atoms with Crippen LogP contribution in [0.5, 0.6) is 17.2 Å². The second-order valence-corrected chi connectivity index (χ2v) is 21.9. The number of ether oxygens (including phenoxy) is 2. The van der Waals surface area contributed by atoms with Crippen LogP contribution in [-0.2, 0) is 19.2 Å². The average Bonchev–Trinajstić information content (AvgIpc) is 4.16. The van der Waals surface area contributed by atoms with Crippen LogP contribution in [0.25, 0.3) is 43.8 Å². The van der Waals surface area contributed by atoms with Gasteiger partial charge in [0.2, 0.25) is 11.8 Å². The van der Waals surface area contributed by atoms with E-state index in [1.807, 2.05) is 59.5 Å². The van der Waals surface area contributed by atoms with E-state index in [0.29, 0.717) is 85.3 Å². The van der Waals surface area contributed by atoms with Crippen molar-refractivity contribution >= 4 is 79.8 Å². The van der Waals surface area contributed by atoms with Crippen LogP contribution in [0, 0.1) is 18.8 Å². The van der Waals surface area contributed by atoms with Crippen molar-refractivity contribution in [3.63, 3.8) is 0 Å². The third kappa shape index (κ3) is 10.3. The number of carbonyl (C=O) groups excluding carboxylic acids is 4. The minimum atomic E-state index is -0.624. The van der Waals surface area contributed by atoms with E-state index in [4.69, 9.17) is 32.7 Å². The number of likely N-dealkylation sites (tertiary alicyclic amines) is 4.